The number of hydrogen-bond donors (Lipinski definition) is 2. The molecule has 1 unspecified atom stereocenters. The van der Waals surface area contributed by atoms with Gasteiger partial charge >= 0.3 is 0 Å². The Kier molecular flexibility index (Phi) is 6.74. The number of amides is 1. The van der Waals surface area contributed by atoms with Crippen LogP contribution < -0.4 is 21.5 Å². The van der Waals surface area contributed by atoms with Crippen LogP contribution in [0.3, 0.4) is 0 Å². The second-order valence-electron chi connectivity index (χ2n) is 8.74. The molecule has 3 aromatic rings. The summed E-state index contributed by atoms with van der Waals surface area (Å²) in [6.45, 7) is 2.18. The minimum absolute atomic E-state index is 0.122. The normalized spacial score (nSPS) is 15.4. The van der Waals surface area contributed by atoms with E-state index in [-0.39, 0.29) is 17.7 Å². The Morgan fingerprint density at radius 3 is 2.59 bits per heavy atom. The van der Waals surface area contributed by atoms with Crippen molar-refractivity contribution < 1.29 is 19.1 Å². The van der Waals surface area contributed by atoms with Crippen LogP contribution in [0, 0.1) is 0 Å². The van der Waals surface area contributed by atoms with Crippen LogP contribution in [-0.4, -0.2) is 40.7 Å². The molecule has 0 bridgehead atoms. The molecule has 34 heavy (non-hydrogen) atoms. The molecule has 1 aliphatic rings. The van der Waals surface area contributed by atoms with E-state index in [1.807, 2.05) is 0 Å². The summed E-state index contributed by atoms with van der Waals surface area (Å²) in [5.74, 6) is -1.48. The first-order valence-electron chi connectivity index (χ1n) is 11.3. The predicted octanol–water partition coefficient (Wildman–Crippen LogP) is 2.20. The number of methoxy groups -OCH3 is 1. The molecule has 0 radical (unpaired) electrons. The largest absolute Gasteiger partial charge is 0.502 e. The molecule has 0 saturated carbocycles. The first-order chi connectivity index (χ1) is 16.3. The van der Waals surface area contributed by atoms with Crippen LogP contribution in [-0.2, 0) is 18.4 Å². The van der Waals surface area contributed by atoms with Gasteiger partial charge in [-0.1, -0.05) is 6.42 Å². The van der Waals surface area contributed by atoms with E-state index in [0.717, 1.165) is 31.3 Å². The van der Waals surface area contributed by atoms with Gasteiger partial charge in [0.05, 0.1) is 25.1 Å². The fourth-order valence-corrected chi connectivity index (χ4v) is 4.60. The number of piperidine rings is 1. The van der Waals surface area contributed by atoms with Crippen LogP contribution in [0.2, 0.25) is 0 Å². The second kappa shape index (κ2) is 9.72. The molecule has 3 heterocycles. The number of aryl methyl sites for hydroxylation is 1. The number of pyridine rings is 1. The Morgan fingerprint density at radius 2 is 1.91 bits per heavy atom. The second-order valence-corrected chi connectivity index (χ2v) is 8.74. The van der Waals surface area contributed by atoms with Gasteiger partial charge in [-0.15, -0.1) is 0 Å². The SMILES string of the molecule is COc1ccc2cc(C(CC(N)=O)c3oc(CN4CCCCC4)cc(=O)c3O)c(=O)n(C)c2c1. The monoisotopic (exact) mass is 467 g/mol. The third kappa shape index (κ3) is 4.70. The molecule has 1 fully saturated rings. The Balaban J connectivity index is 1.85. The molecule has 1 saturated heterocycles. The Hall–Kier alpha value is -3.59. The Labute approximate surface area is 196 Å². The lowest BCUT2D eigenvalue weighted by molar-refractivity contribution is -0.118. The van der Waals surface area contributed by atoms with Crippen molar-refractivity contribution in [2.45, 2.75) is 38.1 Å². The Bertz CT molecular complexity index is 1340. The summed E-state index contributed by atoms with van der Waals surface area (Å²) in [5.41, 5.74) is 5.33. The van der Waals surface area contributed by atoms with Crippen LogP contribution >= 0.6 is 0 Å². The number of carbonyl (C=O) groups excluding carboxylic acids is 1. The number of nitrogens with two attached hydrogens (primary N) is 1. The third-order valence-electron chi connectivity index (χ3n) is 6.39. The third-order valence-corrected chi connectivity index (χ3v) is 6.39. The maximum Gasteiger partial charge on any atom is 0.254 e. The zero-order valence-electron chi connectivity index (χ0n) is 19.4. The van der Waals surface area contributed by atoms with Gasteiger partial charge in [-0.05, 0) is 49.5 Å². The number of ether oxygens (including phenoxy) is 1. The summed E-state index contributed by atoms with van der Waals surface area (Å²) in [5, 5.41) is 11.3. The topological polar surface area (TPSA) is 128 Å². The molecule has 9 heteroatoms. The minimum Gasteiger partial charge on any atom is -0.502 e. The molecular weight excluding hydrogens is 438 g/mol. The number of nitrogens with zero attached hydrogens (tertiary/aromatic N) is 2. The highest BCUT2D eigenvalue weighted by atomic mass is 16.5. The molecule has 4 rings (SSSR count). The summed E-state index contributed by atoms with van der Waals surface area (Å²) in [4.78, 5) is 40.1. The van der Waals surface area contributed by atoms with Crippen LogP contribution in [0.5, 0.6) is 11.5 Å². The fraction of sp³-hybridized carbons (Fsp3) is 0.400. The fourth-order valence-electron chi connectivity index (χ4n) is 4.60. The van der Waals surface area contributed by atoms with Crippen LogP contribution in [0.1, 0.15) is 48.7 Å². The van der Waals surface area contributed by atoms with Gasteiger partial charge < -0.3 is 24.6 Å². The van der Waals surface area contributed by atoms with Crippen molar-refractivity contribution in [2.75, 3.05) is 20.2 Å². The number of carbonyl (C=O) groups is 1. The molecule has 1 aliphatic heterocycles. The number of hydrogen-bond acceptors (Lipinski definition) is 7. The summed E-state index contributed by atoms with van der Waals surface area (Å²) in [6, 6.07) is 8.19. The molecule has 0 aliphatic carbocycles. The van der Waals surface area contributed by atoms with Gasteiger partial charge in [-0.25, -0.2) is 0 Å². The van der Waals surface area contributed by atoms with Crippen molar-refractivity contribution in [3.8, 4) is 11.5 Å². The van der Waals surface area contributed by atoms with E-state index in [9.17, 15) is 19.5 Å². The van der Waals surface area contributed by atoms with E-state index in [1.54, 1.807) is 31.3 Å². The molecule has 180 valence electrons. The molecule has 0 spiro atoms. The zero-order chi connectivity index (χ0) is 24.4. The predicted molar refractivity (Wildman–Crippen MR) is 127 cm³/mol. The van der Waals surface area contributed by atoms with E-state index in [0.29, 0.717) is 23.6 Å². The average Bonchev–Trinajstić information content (AvgIpc) is 2.82. The van der Waals surface area contributed by atoms with E-state index in [2.05, 4.69) is 4.90 Å². The number of fused-ring (bicyclic) bond motifs is 1. The van der Waals surface area contributed by atoms with E-state index < -0.39 is 28.6 Å². The van der Waals surface area contributed by atoms with E-state index in [4.69, 9.17) is 14.9 Å². The van der Waals surface area contributed by atoms with Gasteiger partial charge in [0.25, 0.3) is 5.56 Å². The van der Waals surface area contributed by atoms with Gasteiger partial charge in [0.15, 0.2) is 5.76 Å². The van der Waals surface area contributed by atoms with Crippen molar-refractivity contribution in [1.82, 2.24) is 9.47 Å². The van der Waals surface area contributed by atoms with Crippen molar-refractivity contribution in [2.24, 2.45) is 12.8 Å². The highest BCUT2D eigenvalue weighted by molar-refractivity contribution is 5.82. The number of likely N-dealkylation sites (tertiary alicyclic amines) is 1. The molecule has 3 N–H and O–H groups in total. The zero-order valence-corrected chi connectivity index (χ0v) is 19.4. The van der Waals surface area contributed by atoms with Crippen LogP contribution in [0.15, 0.2) is 44.3 Å². The summed E-state index contributed by atoms with van der Waals surface area (Å²) < 4.78 is 12.7. The number of rotatable bonds is 7. The van der Waals surface area contributed by atoms with Crippen molar-refractivity contribution in [3.63, 3.8) is 0 Å². The number of aromatic nitrogens is 1. The van der Waals surface area contributed by atoms with Gasteiger partial charge in [0, 0.05) is 31.2 Å². The van der Waals surface area contributed by atoms with Gasteiger partial charge in [-0.2, -0.15) is 0 Å². The minimum atomic E-state index is -1.02. The maximum absolute atomic E-state index is 13.3. The Morgan fingerprint density at radius 1 is 1.18 bits per heavy atom. The number of aromatic hydroxyl groups is 1. The first-order valence-corrected chi connectivity index (χ1v) is 11.3. The summed E-state index contributed by atoms with van der Waals surface area (Å²) in [6.07, 6.45) is 2.99. The lowest BCUT2D eigenvalue weighted by Crippen LogP contribution is -2.30. The van der Waals surface area contributed by atoms with Crippen LogP contribution in [0.25, 0.3) is 10.9 Å². The maximum atomic E-state index is 13.3. The molecule has 1 aromatic carbocycles. The lowest BCUT2D eigenvalue weighted by atomic mass is 9.91. The highest BCUT2D eigenvalue weighted by Gasteiger charge is 2.29. The van der Waals surface area contributed by atoms with Gasteiger partial charge in [-0.3, -0.25) is 19.3 Å². The smallest absolute Gasteiger partial charge is 0.254 e. The lowest BCUT2D eigenvalue weighted by Gasteiger charge is -2.26. The van der Waals surface area contributed by atoms with Crippen molar-refractivity contribution in [1.29, 1.82) is 0 Å². The van der Waals surface area contributed by atoms with Crippen LogP contribution in [0.4, 0.5) is 0 Å². The first kappa shape index (κ1) is 23.6. The summed E-state index contributed by atoms with van der Waals surface area (Å²) in [7, 11) is 3.15. The standard InChI is InChI=1S/C25H29N3O6/c1-27-20-11-16(33-2)7-6-15(20)10-19(25(27)32)18(13-22(26)30)24-23(31)21(29)12-17(34-24)14-28-8-4-3-5-9-28/h6-7,10-12,18,31H,3-5,8-9,13-14H2,1-2H3,(H2,26,30). The molecular formula is C25H29N3O6. The number of benzene rings is 1. The average molecular weight is 468 g/mol. The van der Waals surface area contributed by atoms with Gasteiger partial charge in [0.2, 0.25) is 17.1 Å². The van der Waals surface area contributed by atoms with E-state index >= 15 is 0 Å². The molecule has 1 atom stereocenters. The van der Waals surface area contributed by atoms with Crippen molar-refractivity contribution in [3.05, 3.63) is 68.0 Å². The number of primary amides is 1. The van der Waals surface area contributed by atoms with Crippen molar-refractivity contribution >= 4 is 16.8 Å². The quantitative estimate of drug-likeness (QED) is 0.545. The molecule has 1 amide bonds. The molecule has 9 nitrogen and oxygen atoms in total. The molecule has 2 aromatic heterocycles. The van der Waals surface area contributed by atoms with E-state index in [1.165, 1.54) is 24.2 Å². The van der Waals surface area contributed by atoms with Gasteiger partial charge in [0.1, 0.15) is 11.5 Å². The summed E-state index contributed by atoms with van der Waals surface area (Å²) >= 11 is 0. The highest BCUT2D eigenvalue weighted by Crippen LogP contribution is 2.33.